The first-order valence-electron chi connectivity index (χ1n) is 11.3. The lowest BCUT2D eigenvalue weighted by Gasteiger charge is -2.37. The van der Waals surface area contributed by atoms with Gasteiger partial charge in [-0.3, -0.25) is 4.79 Å². The number of hydrogen-bond acceptors (Lipinski definition) is 7. The molecule has 2 aromatic heterocycles. The fourth-order valence-electron chi connectivity index (χ4n) is 4.84. The van der Waals surface area contributed by atoms with E-state index in [1.54, 1.807) is 14.2 Å². The number of nitrogens with zero attached hydrogens (tertiary/aromatic N) is 4. The third-order valence-electron chi connectivity index (χ3n) is 6.66. The van der Waals surface area contributed by atoms with Crippen LogP contribution in [0.5, 0.6) is 5.88 Å². The molecule has 8 heteroatoms. The summed E-state index contributed by atoms with van der Waals surface area (Å²) < 4.78 is 10.7. The summed E-state index contributed by atoms with van der Waals surface area (Å²) in [5, 5.41) is 0.840. The molecule has 0 aliphatic carbocycles. The zero-order valence-corrected chi connectivity index (χ0v) is 20.0. The van der Waals surface area contributed by atoms with E-state index in [9.17, 15) is 4.79 Å². The van der Waals surface area contributed by atoms with Crippen molar-refractivity contribution in [3.05, 3.63) is 16.3 Å². The second-order valence-corrected chi connectivity index (χ2v) is 10.1. The molecule has 7 nitrogen and oxygen atoms in total. The smallest absolute Gasteiger partial charge is 0.264 e. The van der Waals surface area contributed by atoms with Gasteiger partial charge in [0.05, 0.1) is 17.4 Å². The number of hydrogen-bond donors (Lipinski definition) is 0. The molecule has 1 unspecified atom stereocenters. The van der Waals surface area contributed by atoms with Gasteiger partial charge in [0, 0.05) is 26.7 Å². The third-order valence-corrected chi connectivity index (χ3v) is 7.84. The van der Waals surface area contributed by atoms with Crippen LogP contribution < -0.4 is 4.74 Å². The van der Waals surface area contributed by atoms with Gasteiger partial charge in [-0.05, 0) is 63.1 Å². The summed E-state index contributed by atoms with van der Waals surface area (Å²) in [5.41, 5.74) is 0.915. The van der Waals surface area contributed by atoms with Crippen LogP contribution in [0.2, 0.25) is 0 Å². The second kappa shape index (κ2) is 9.79. The molecule has 2 aliphatic heterocycles. The molecule has 4 heterocycles. The maximum atomic E-state index is 13.5. The van der Waals surface area contributed by atoms with E-state index in [4.69, 9.17) is 9.47 Å². The summed E-state index contributed by atoms with van der Waals surface area (Å²) in [6.07, 6.45) is 4.88. The summed E-state index contributed by atoms with van der Waals surface area (Å²) in [6, 6.07) is 0. The molecule has 0 radical (unpaired) electrons. The van der Waals surface area contributed by atoms with Crippen molar-refractivity contribution < 1.29 is 14.3 Å². The predicted octanol–water partition coefficient (Wildman–Crippen LogP) is 3.74. The number of carbonyl (C=O) groups is 1. The van der Waals surface area contributed by atoms with E-state index in [1.165, 1.54) is 43.7 Å². The first-order chi connectivity index (χ1) is 15.0. The summed E-state index contributed by atoms with van der Waals surface area (Å²) in [7, 11) is 3.22. The van der Waals surface area contributed by atoms with Crippen LogP contribution in [0.4, 0.5) is 0 Å². The molecular formula is C23H34N4O3S. The number of ether oxygens (including phenoxy) is 2. The minimum Gasteiger partial charge on any atom is -0.480 e. The molecular weight excluding hydrogens is 412 g/mol. The van der Waals surface area contributed by atoms with Crippen LogP contribution in [0.15, 0.2) is 0 Å². The normalized spacial score (nSPS) is 21.0. The Morgan fingerprint density at radius 2 is 1.94 bits per heavy atom. The first-order valence-corrected chi connectivity index (χ1v) is 12.2. The van der Waals surface area contributed by atoms with Crippen molar-refractivity contribution in [3.8, 4) is 5.88 Å². The summed E-state index contributed by atoms with van der Waals surface area (Å²) in [4.78, 5) is 28.7. The van der Waals surface area contributed by atoms with Gasteiger partial charge in [-0.15, -0.1) is 11.3 Å². The molecule has 0 bridgehead atoms. The number of fused-ring (bicyclic) bond motifs is 1. The lowest BCUT2D eigenvalue weighted by molar-refractivity contribution is 0.0626. The van der Waals surface area contributed by atoms with Crippen molar-refractivity contribution in [1.29, 1.82) is 0 Å². The number of piperidine rings is 2. The number of carbonyl (C=O) groups excluding carboxylic acids is 1. The van der Waals surface area contributed by atoms with Gasteiger partial charge in [0.15, 0.2) is 5.82 Å². The van der Waals surface area contributed by atoms with Crippen LogP contribution in [0, 0.1) is 18.8 Å². The lowest BCUT2D eigenvalue weighted by atomic mass is 9.94. The number of rotatable bonds is 6. The van der Waals surface area contributed by atoms with Crippen LogP contribution in [0.3, 0.4) is 0 Å². The SMILES string of the molecule is COCc1nc(OC)c2c(C)c(C(=O)N3CCCC(CN4CCC(C)CC4)C3)sc2n1. The zero-order valence-electron chi connectivity index (χ0n) is 19.1. The van der Waals surface area contributed by atoms with E-state index < -0.39 is 0 Å². The van der Waals surface area contributed by atoms with Crippen LogP contribution in [-0.2, 0) is 11.3 Å². The number of methoxy groups -OCH3 is 2. The Balaban J connectivity index is 1.51. The number of amides is 1. The molecule has 2 fully saturated rings. The lowest BCUT2D eigenvalue weighted by Crippen LogP contribution is -2.45. The highest BCUT2D eigenvalue weighted by atomic mass is 32.1. The molecule has 0 aromatic carbocycles. The van der Waals surface area contributed by atoms with Crippen molar-refractivity contribution in [2.24, 2.45) is 11.8 Å². The van der Waals surface area contributed by atoms with Gasteiger partial charge in [0.2, 0.25) is 5.88 Å². The highest BCUT2D eigenvalue weighted by Gasteiger charge is 2.30. The van der Waals surface area contributed by atoms with E-state index in [0.29, 0.717) is 24.2 Å². The fourth-order valence-corrected chi connectivity index (χ4v) is 6.00. The van der Waals surface area contributed by atoms with E-state index in [-0.39, 0.29) is 5.91 Å². The molecule has 0 N–H and O–H groups in total. The van der Waals surface area contributed by atoms with Crippen molar-refractivity contribution in [3.63, 3.8) is 0 Å². The molecule has 170 valence electrons. The second-order valence-electron chi connectivity index (χ2n) is 9.06. The van der Waals surface area contributed by atoms with E-state index in [0.717, 1.165) is 52.6 Å². The summed E-state index contributed by atoms with van der Waals surface area (Å²) >= 11 is 1.44. The molecule has 0 saturated carbocycles. The van der Waals surface area contributed by atoms with Gasteiger partial charge in [-0.25, -0.2) is 4.98 Å². The van der Waals surface area contributed by atoms with E-state index in [2.05, 4.69) is 26.7 Å². The maximum absolute atomic E-state index is 13.5. The quantitative estimate of drug-likeness (QED) is 0.673. The van der Waals surface area contributed by atoms with Gasteiger partial charge >= 0.3 is 0 Å². The molecule has 2 saturated heterocycles. The topological polar surface area (TPSA) is 67.8 Å². The van der Waals surface area contributed by atoms with Crippen LogP contribution in [-0.4, -0.2) is 72.6 Å². The largest absolute Gasteiger partial charge is 0.480 e. The number of aromatic nitrogens is 2. The van der Waals surface area contributed by atoms with Gasteiger partial charge in [-0.1, -0.05) is 6.92 Å². The van der Waals surface area contributed by atoms with Crippen molar-refractivity contribution >= 4 is 27.5 Å². The van der Waals surface area contributed by atoms with Crippen LogP contribution in [0.25, 0.3) is 10.2 Å². The highest BCUT2D eigenvalue weighted by Crippen LogP contribution is 2.36. The average molecular weight is 447 g/mol. The van der Waals surface area contributed by atoms with Crippen LogP contribution in [0.1, 0.15) is 53.7 Å². The Hall–Kier alpha value is -1.77. The van der Waals surface area contributed by atoms with Gasteiger partial charge < -0.3 is 19.3 Å². The fraction of sp³-hybridized carbons (Fsp3) is 0.696. The molecule has 2 aromatic rings. The summed E-state index contributed by atoms with van der Waals surface area (Å²) in [6.45, 7) is 9.82. The minimum absolute atomic E-state index is 0.118. The Kier molecular flexibility index (Phi) is 7.08. The molecule has 2 aliphatic rings. The molecule has 31 heavy (non-hydrogen) atoms. The molecule has 1 amide bonds. The maximum Gasteiger partial charge on any atom is 0.264 e. The predicted molar refractivity (Wildman–Crippen MR) is 123 cm³/mol. The van der Waals surface area contributed by atoms with Crippen molar-refractivity contribution in [1.82, 2.24) is 19.8 Å². The average Bonchev–Trinajstić information content (AvgIpc) is 3.11. The van der Waals surface area contributed by atoms with Gasteiger partial charge in [0.1, 0.15) is 11.4 Å². The van der Waals surface area contributed by atoms with Crippen molar-refractivity contribution in [2.45, 2.75) is 46.1 Å². The molecule has 0 spiro atoms. The highest BCUT2D eigenvalue weighted by molar-refractivity contribution is 7.20. The Bertz CT molecular complexity index is 923. The van der Waals surface area contributed by atoms with Crippen LogP contribution >= 0.6 is 11.3 Å². The Morgan fingerprint density at radius 1 is 1.16 bits per heavy atom. The first kappa shape index (κ1) is 22.4. The van der Waals surface area contributed by atoms with Gasteiger partial charge in [-0.2, -0.15) is 4.98 Å². The minimum atomic E-state index is 0.118. The monoisotopic (exact) mass is 446 g/mol. The molecule has 4 rings (SSSR count). The number of thiophene rings is 1. The number of likely N-dealkylation sites (tertiary alicyclic amines) is 2. The van der Waals surface area contributed by atoms with E-state index in [1.807, 2.05) is 6.92 Å². The third kappa shape index (κ3) is 4.86. The van der Waals surface area contributed by atoms with Gasteiger partial charge in [0.25, 0.3) is 5.91 Å². The number of aryl methyl sites for hydroxylation is 1. The van der Waals surface area contributed by atoms with Crippen molar-refractivity contribution in [2.75, 3.05) is 46.9 Å². The zero-order chi connectivity index (χ0) is 22.0. The van der Waals surface area contributed by atoms with E-state index >= 15 is 0 Å². The standard InChI is InChI=1S/C23H34N4O3S/c1-15-7-10-26(11-8-15)12-17-6-5-9-27(13-17)23(28)20-16(2)19-21(30-4)24-18(14-29-3)25-22(19)31-20/h15,17H,5-14H2,1-4H3. The summed E-state index contributed by atoms with van der Waals surface area (Å²) in [5.74, 6) is 2.61. The molecule has 1 atom stereocenters. The Labute approximate surface area is 188 Å². The Morgan fingerprint density at radius 3 is 2.65 bits per heavy atom.